The van der Waals surface area contributed by atoms with Gasteiger partial charge in [-0.3, -0.25) is 4.79 Å². The number of halogens is 3. The molecule has 1 heterocycles. The number of nitrogens with zero attached hydrogens (tertiary/aromatic N) is 1. The maximum atomic E-state index is 12.7. The molecule has 1 aromatic carbocycles. The molecule has 3 aliphatic carbocycles. The molecule has 21 heavy (non-hydrogen) atoms. The lowest BCUT2D eigenvalue weighted by Gasteiger charge is -2.66. The van der Waals surface area contributed by atoms with Gasteiger partial charge in [0.2, 0.25) is 5.89 Å². The molecule has 0 aliphatic heterocycles. The zero-order valence-electron chi connectivity index (χ0n) is 10.7. The van der Waals surface area contributed by atoms with Gasteiger partial charge >= 0.3 is 12.1 Å². The third-order valence-electron chi connectivity index (χ3n) is 4.65. The largest absolute Gasteiger partial charge is 0.481 e. The fourth-order valence-corrected chi connectivity index (χ4v) is 3.57. The average Bonchev–Trinajstić information content (AvgIpc) is 2.65. The molecule has 2 bridgehead atoms. The van der Waals surface area contributed by atoms with Gasteiger partial charge in [-0.05, 0) is 37.5 Å². The minimum atomic E-state index is -4.42. The van der Waals surface area contributed by atoms with Crippen LogP contribution in [0.2, 0.25) is 0 Å². The minimum Gasteiger partial charge on any atom is -0.481 e. The van der Waals surface area contributed by atoms with Gasteiger partial charge in [0.15, 0.2) is 5.58 Å². The maximum absolute atomic E-state index is 12.7. The van der Waals surface area contributed by atoms with E-state index in [0.29, 0.717) is 30.7 Å². The Bertz CT molecular complexity index is 758. The molecule has 3 fully saturated rings. The molecule has 0 unspecified atom stereocenters. The molecule has 0 saturated heterocycles. The van der Waals surface area contributed by atoms with E-state index in [1.807, 2.05) is 0 Å². The van der Waals surface area contributed by atoms with Crippen LogP contribution in [0, 0.1) is 5.41 Å². The van der Waals surface area contributed by atoms with Crippen molar-refractivity contribution in [3.05, 3.63) is 29.7 Å². The summed E-state index contributed by atoms with van der Waals surface area (Å²) < 4.78 is 43.5. The molecule has 3 aliphatic rings. The number of hydrogen-bond donors (Lipinski definition) is 1. The van der Waals surface area contributed by atoms with Crippen LogP contribution in [0.25, 0.3) is 11.1 Å². The van der Waals surface area contributed by atoms with E-state index in [1.165, 1.54) is 6.07 Å². The molecule has 2 aromatic rings. The average molecular weight is 297 g/mol. The summed E-state index contributed by atoms with van der Waals surface area (Å²) in [6.07, 6.45) is -3.06. The minimum absolute atomic E-state index is 0.161. The molecule has 0 atom stereocenters. The lowest BCUT2D eigenvalue weighted by Crippen LogP contribution is -2.68. The summed E-state index contributed by atoms with van der Waals surface area (Å²) in [5.41, 5.74) is -1.37. The van der Waals surface area contributed by atoms with E-state index >= 15 is 0 Å². The molecule has 0 radical (unpaired) electrons. The first-order valence-electron chi connectivity index (χ1n) is 6.46. The highest BCUT2D eigenvalue weighted by molar-refractivity contribution is 5.81. The number of aromatic nitrogens is 1. The second kappa shape index (κ2) is 3.40. The number of aliphatic carboxylic acids is 1. The normalized spacial score (nSPS) is 30.8. The highest BCUT2D eigenvalue weighted by Crippen LogP contribution is 2.73. The van der Waals surface area contributed by atoms with Gasteiger partial charge in [0.25, 0.3) is 0 Å². The number of benzene rings is 1. The Kier molecular flexibility index (Phi) is 2.05. The predicted octanol–water partition coefficient (Wildman–Crippen LogP) is 3.35. The van der Waals surface area contributed by atoms with Gasteiger partial charge in [0.05, 0.1) is 16.4 Å². The SMILES string of the molecule is O=C(O)C12CC(c3nc4cc(C(F)(F)F)ccc4o3)(C1)C2. The van der Waals surface area contributed by atoms with Crippen molar-refractivity contribution >= 4 is 17.1 Å². The topological polar surface area (TPSA) is 63.3 Å². The Morgan fingerprint density at radius 1 is 1.29 bits per heavy atom. The maximum Gasteiger partial charge on any atom is 0.416 e. The molecule has 1 aromatic heterocycles. The van der Waals surface area contributed by atoms with Crippen LogP contribution in [-0.2, 0) is 16.4 Å². The van der Waals surface area contributed by atoms with E-state index in [-0.39, 0.29) is 5.52 Å². The highest BCUT2D eigenvalue weighted by Gasteiger charge is 2.74. The molecule has 110 valence electrons. The van der Waals surface area contributed by atoms with Crippen LogP contribution >= 0.6 is 0 Å². The first-order valence-corrected chi connectivity index (χ1v) is 6.46. The molecule has 0 amide bonds. The summed E-state index contributed by atoms with van der Waals surface area (Å²) >= 11 is 0. The summed E-state index contributed by atoms with van der Waals surface area (Å²) in [4.78, 5) is 15.2. The van der Waals surface area contributed by atoms with Crippen LogP contribution < -0.4 is 0 Å². The van der Waals surface area contributed by atoms with Crippen molar-refractivity contribution in [1.82, 2.24) is 4.98 Å². The lowest BCUT2D eigenvalue weighted by molar-refractivity contribution is -0.198. The van der Waals surface area contributed by atoms with Crippen molar-refractivity contribution in [3.8, 4) is 0 Å². The molecular formula is C14H10F3NO3. The Hall–Kier alpha value is -2.05. The molecular weight excluding hydrogens is 287 g/mol. The van der Waals surface area contributed by atoms with Crippen LogP contribution in [0.5, 0.6) is 0 Å². The third-order valence-corrected chi connectivity index (χ3v) is 4.65. The van der Waals surface area contributed by atoms with Crippen LogP contribution in [0.15, 0.2) is 22.6 Å². The number of oxazole rings is 1. The zero-order valence-corrected chi connectivity index (χ0v) is 10.7. The smallest absolute Gasteiger partial charge is 0.416 e. The quantitative estimate of drug-likeness (QED) is 0.923. The van der Waals surface area contributed by atoms with Crippen molar-refractivity contribution in [2.75, 3.05) is 0 Å². The van der Waals surface area contributed by atoms with E-state index in [1.54, 1.807) is 0 Å². The monoisotopic (exact) mass is 297 g/mol. The number of rotatable bonds is 2. The second-order valence-electron chi connectivity index (χ2n) is 6.10. The van der Waals surface area contributed by atoms with Crippen LogP contribution in [0.4, 0.5) is 13.2 Å². The summed E-state index contributed by atoms with van der Waals surface area (Å²) in [6.45, 7) is 0. The van der Waals surface area contributed by atoms with Crippen molar-refractivity contribution in [1.29, 1.82) is 0 Å². The molecule has 5 rings (SSSR count). The summed E-state index contributed by atoms with van der Waals surface area (Å²) in [5, 5.41) is 9.08. The van der Waals surface area contributed by atoms with Gasteiger partial charge in [-0.1, -0.05) is 0 Å². The van der Waals surface area contributed by atoms with Crippen molar-refractivity contribution < 1.29 is 27.5 Å². The predicted molar refractivity (Wildman–Crippen MR) is 64.6 cm³/mol. The van der Waals surface area contributed by atoms with Gasteiger partial charge in [-0.25, -0.2) is 4.98 Å². The summed E-state index contributed by atoms with van der Waals surface area (Å²) in [6, 6.07) is 3.17. The first kappa shape index (κ1) is 12.7. The number of hydrogen-bond acceptors (Lipinski definition) is 3. The Labute approximate surface area is 116 Å². The number of fused-ring (bicyclic) bond motifs is 1. The summed E-state index contributed by atoms with van der Waals surface area (Å²) in [7, 11) is 0. The van der Waals surface area contributed by atoms with E-state index < -0.39 is 28.5 Å². The highest BCUT2D eigenvalue weighted by atomic mass is 19.4. The number of carboxylic acids is 1. The van der Waals surface area contributed by atoms with Crippen LogP contribution in [0.3, 0.4) is 0 Å². The molecule has 3 saturated carbocycles. The fourth-order valence-electron chi connectivity index (χ4n) is 3.57. The van der Waals surface area contributed by atoms with E-state index in [4.69, 9.17) is 9.52 Å². The lowest BCUT2D eigenvalue weighted by atomic mass is 9.35. The molecule has 0 spiro atoms. The van der Waals surface area contributed by atoms with Crippen LogP contribution in [0.1, 0.15) is 30.7 Å². The van der Waals surface area contributed by atoms with E-state index in [9.17, 15) is 18.0 Å². The Morgan fingerprint density at radius 2 is 1.95 bits per heavy atom. The first-order chi connectivity index (χ1) is 9.74. The van der Waals surface area contributed by atoms with Gasteiger partial charge in [0.1, 0.15) is 5.52 Å². The summed E-state index contributed by atoms with van der Waals surface area (Å²) in [5.74, 6) is -0.459. The van der Waals surface area contributed by atoms with Crippen LogP contribution in [-0.4, -0.2) is 16.1 Å². The third kappa shape index (κ3) is 1.51. The van der Waals surface area contributed by atoms with Crippen molar-refractivity contribution in [3.63, 3.8) is 0 Å². The number of carboxylic acid groups (broad SMARTS) is 1. The van der Waals surface area contributed by atoms with Gasteiger partial charge in [-0.15, -0.1) is 0 Å². The second-order valence-corrected chi connectivity index (χ2v) is 6.10. The van der Waals surface area contributed by atoms with E-state index in [0.717, 1.165) is 12.1 Å². The fraction of sp³-hybridized carbons (Fsp3) is 0.429. The van der Waals surface area contributed by atoms with E-state index in [2.05, 4.69) is 4.98 Å². The van der Waals surface area contributed by atoms with Gasteiger partial charge < -0.3 is 9.52 Å². The number of alkyl halides is 3. The standard InChI is InChI=1S/C14H10F3NO3/c15-14(16,17)7-1-2-9-8(3-7)18-10(21-9)12-4-13(5-12,6-12)11(19)20/h1-3H,4-6H2,(H,19,20). The molecule has 7 heteroatoms. The zero-order chi connectivity index (χ0) is 15.0. The Balaban J connectivity index is 1.69. The van der Waals surface area contributed by atoms with Crippen molar-refractivity contribution in [2.45, 2.75) is 30.9 Å². The van der Waals surface area contributed by atoms with Gasteiger partial charge in [-0.2, -0.15) is 13.2 Å². The molecule has 4 nitrogen and oxygen atoms in total. The van der Waals surface area contributed by atoms with Gasteiger partial charge in [0, 0.05) is 0 Å². The number of carbonyl (C=O) groups is 1. The van der Waals surface area contributed by atoms with Crippen molar-refractivity contribution in [2.24, 2.45) is 5.41 Å². The Morgan fingerprint density at radius 3 is 2.52 bits per heavy atom. The molecule has 1 N–H and O–H groups in total.